The van der Waals surface area contributed by atoms with E-state index in [0.29, 0.717) is 12.2 Å². The molecule has 0 saturated carbocycles. The first-order chi connectivity index (χ1) is 11.8. The molecule has 0 atom stereocenters. The Balaban J connectivity index is 1.92. The molecule has 0 aliphatic carbocycles. The summed E-state index contributed by atoms with van der Waals surface area (Å²) in [4.78, 5) is 13.5. The monoisotopic (exact) mass is 353 g/mol. The third-order valence-electron chi connectivity index (χ3n) is 3.94. The van der Waals surface area contributed by atoms with Crippen molar-refractivity contribution in [2.24, 2.45) is 0 Å². The molecule has 1 aromatic carbocycles. The van der Waals surface area contributed by atoms with Crippen molar-refractivity contribution in [3.05, 3.63) is 64.0 Å². The predicted octanol–water partition coefficient (Wildman–Crippen LogP) is 4.72. The van der Waals surface area contributed by atoms with Gasteiger partial charge in [-0.3, -0.25) is 4.79 Å². The second-order valence-electron chi connectivity index (χ2n) is 7.22. The minimum Gasteiger partial charge on any atom is -0.310 e. The second-order valence-corrected chi connectivity index (χ2v) is 8.25. The van der Waals surface area contributed by atoms with E-state index in [4.69, 9.17) is 5.10 Å². The first kappa shape index (κ1) is 17.4. The maximum atomic E-state index is 12.4. The molecule has 5 heteroatoms. The van der Waals surface area contributed by atoms with Gasteiger partial charge in [0, 0.05) is 16.4 Å². The van der Waals surface area contributed by atoms with Crippen LogP contribution in [0.1, 0.15) is 36.9 Å². The van der Waals surface area contributed by atoms with Gasteiger partial charge in [0.1, 0.15) is 5.82 Å². The zero-order valence-corrected chi connectivity index (χ0v) is 15.9. The maximum absolute atomic E-state index is 12.4. The number of hydrogen-bond donors (Lipinski definition) is 1. The summed E-state index contributed by atoms with van der Waals surface area (Å²) in [5.41, 5.74) is 2.98. The molecule has 0 spiro atoms. The van der Waals surface area contributed by atoms with Gasteiger partial charge < -0.3 is 5.32 Å². The van der Waals surface area contributed by atoms with Gasteiger partial charge in [0.05, 0.1) is 17.8 Å². The third kappa shape index (κ3) is 4.17. The van der Waals surface area contributed by atoms with Crippen LogP contribution in [0.4, 0.5) is 5.82 Å². The highest BCUT2D eigenvalue weighted by atomic mass is 32.1. The van der Waals surface area contributed by atoms with Crippen LogP contribution in [0.3, 0.4) is 0 Å². The van der Waals surface area contributed by atoms with E-state index < -0.39 is 0 Å². The van der Waals surface area contributed by atoms with E-state index in [9.17, 15) is 4.79 Å². The first-order valence-electron chi connectivity index (χ1n) is 8.33. The highest BCUT2D eigenvalue weighted by molar-refractivity contribution is 7.10. The van der Waals surface area contributed by atoms with Crippen molar-refractivity contribution in [3.8, 4) is 5.69 Å². The predicted molar refractivity (Wildman–Crippen MR) is 104 cm³/mol. The van der Waals surface area contributed by atoms with E-state index >= 15 is 0 Å². The molecule has 0 radical (unpaired) electrons. The molecule has 1 N–H and O–H groups in total. The number of thiophene rings is 1. The topological polar surface area (TPSA) is 46.9 Å². The summed E-state index contributed by atoms with van der Waals surface area (Å²) in [5, 5.41) is 9.74. The van der Waals surface area contributed by atoms with Crippen molar-refractivity contribution < 1.29 is 4.79 Å². The number of aryl methyl sites for hydroxylation is 1. The van der Waals surface area contributed by atoms with Gasteiger partial charge in [-0.2, -0.15) is 5.10 Å². The molecule has 3 rings (SSSR count). The second kappa shape index (κ2) is 6.84. The number of rotatable bonds is 4. The van der Waals surface area contributed by atoms with Crippen LogP contribution in [0, 0.1) is 6.92 Å². The van der Waals surface area contributed by atoms with Crippen LogP contribution in [0.2, 0.25) is 0 Å². The Kier molecular flexibility index (Phi) is 4.77. The SMILES string of the molecule is Cc1ccc(-n2nc(C(C)(C)C)cc2NC(=O)Cc2cccs2)cc1. The van der Waals surface area contributed by atoms with Gasteiger partial charge in [0.25, 0.3) is 0 Å². The van der Waals surface area contributed by atoms with E-state index in [1.165, 1.54) is 5.56 Å². The smallest absolute Gasteiger partial charge is 0.230 e. The molecular formula is C20H23N3OS. The summed E-state index contributed by atoms with van der Waals surface area (Å²) < 4.78 is 1.81. The molecule has 2 aromatic heterocycles. The average molecular weight is 353 g/mol. The van der Waals surface area contributed by atoms with E-state index in [1.54, 1.807) is 11.3 Å². The molecule has 0 bridgehead atoms. The summed E-state index contributed by atoms with van der Waals surface area (Å²) >= 11 is 1.59. The van der Waals surface area contributed by atoms with E-state index in [-0.39, 0.29) is 11.3 Å². The lowest BCUT2D eigenvalue weighted by atomic mass is 9.92. The van der Waals surface area contributed by atoms with Crippen molar-refractivity contribution in [3.63, 3.8) is 0 Å². The normalized spacial score (nSPS) is 11.5. The third-order valence-corrected chi connectivity index (χ3v) is 4.82. The number of aromatic nitrogens is 2. The van der Waals surface area contributed by atoms with Crippen LogP contribution < -0.4 is 5.32 Å². The zero-order valence-electron chi connectivity index (χ0n) is 15.0. The van der Waals surface area contributed by atoms with Crippen molar-refractivity contribution >= 4 is 23.1 Å². The minimum absolute atomic E-state index is 0.0313. The Morgan fingerprint density at radius 3 is 2.52 bits per heavy atom. The average Bonchev–Trinajstić information content (AvgIpc) is 3.17. The van der Waals surface area contributed by atoms with Crippen molar-refractivity contribution in [1.29, 1.82) is 0 Å². The Bertz CT molecular complexity index is 855. The Morgan fingerprint density at radius 1 is 1.20 bits per heavy atom. The van der Waals surface area contributed by atoms with E-state index in [2.05, 4.69) is 33.0 Å². The lowest BCUT2D eigenvalue weighted by molar-refractivity contribution is -0.115. The van der Waals surface area contributed by atoms with Gasteiger partial charge in [-0.05, 0) is 30.5 Å². The summed E-state index contributed by atoms with van der Waals surface area (Å²) in [5.74, 6) is 0.673. The van der Waals surface area contributed by atoms with E-state index in [0.717, 1.165) is 16.3 Å². The fourth-order valence-electron chi connectivity index (χ4n) is 2.48. The molecule has 0 unspecified atom stereocenters. The van der Waals surface area contributed by atoms with Crippen LogP contribution in [0.5, 0.6) is 0 Å². The number of amides is 1. The first-order valence-corrected chi connectivity index (χ1v) is 9.21. The molecule has 1 amide bonds. The van der Waals surface area contributed by atoms with Crippen LogP contribution >= 0.6 is 11.3 Å². The highest BCUT2D eigenvalue weighted by Crippen LogP contribution is 2.26. The van der Waals surface area contributed by atoms with Gasteiger partial charge in [-0.1, -0.05) is 44.5 Å². The zero-order chi connectivity index (χ0) is 18.0. The number of nitrogens with zero attached hydrogens (tertiary/aromatic N) is 2. The lowest BCUT2D eigenvalue weighted by Gasteiger charge is -2.14. The van der Waals surface area contributed by atoms with Gasteiger partial charge in [0.15, 0.2) is 0 Å². The Morgan fingerprint density at radius 2 is 1.92 bits per heavy atom. The Labute approximate surface area is 152 Å². The number of carbonyl (C=O) groups is 1. The van der Waals surface area contributed by atoms with Gasteiger partial charge in [0.2, 0.25) is 5.91 Å². The maximum Gasteiger partial charge on any atom is 0.230 e. The van der Waals surface area contributed by atoms with Crippen LogP contribution in [-0.2, 0) is 16.6 Å². The summed E-state index contributed by atoms with van der Waals surface area (Å²) in [6, 6.07) is 14.0. The summed E-state index contributed by atoms with van der Waals surface area (Å²) in [6.45, 7) is 8.40. The fraction of sp³-hybridized carbons (Fsp3) is 0.300. The Hall–Kier alpha value is -2.40. The minimum atomic E-state index is -0.0941. The number of anilines is 1. The van der Waals surface area contributed by atoms with Gasteiger partial charge in [-0.15, -0.1) is 11.3 Å². The molecular weight excluding hydrogens is 330 g/mol. The number of benzene rings is 1. The van der Waals surface area contributed by atoms with Gasteiger partial charge >= 0.3 is 0 Å². The molecule has 0 fully saturated rings. The van der Waals surface area contributed by atoms with E-state index in [1.807, 2.05) is 52.5 Å². The molecule has 4 nitrogen and oxygen atoms in total. The number of nitrogens with one attached hydrogen (secondary N) is 1. The number of hydrogen-bond acceptors (Lipinski definition) is 3. The molecule has 2 heterocycles. The van der Waals surface area contributed by atoms with Crippen molar-refractivity contribution in [2.75, 3.05) is 5.32 Å². The van der Waals surface area contributed by atoms with Crippen LogP contribution in [0.25, 0.3) is 5.69 Å². The largest absolute Gasteiger partial charge is 0.310 e. The van der Waals surface area contributed by atoms with Crippen LogP contribution in [0.15, 0.2) is 47.8 Å². The van der Waals surface area contributed by atoms with Gasteiger partial charge in [-0.25, -0.2) is 4.68 Å². The molecule has 0 saturated heterocycles. The molecule has 0 aliphatic heterocycles. The number of carbonyl (C=O) groups excluding carboxylic acids is 1. The van der Waals surface area contributed by atoms with Crippen LogP contribution in [-0.4, -0.2) is 15.7 Å². The quantitative estimate of drug-likeness (QED) is 0.737. The summed E-state index contributed by atoms with van der Waals surface area (Å²) in [7, 11) is 0. The van der Waals surface area contributed by atoms with Crippen molar-refractivity contribution in [2.45, 2.75) is 39.5 Å². The molecule has 3 aromatic rings. The standard InChI is InChI=1S/C20H23N3OS/c1-14-7-9-15(10-8-14)23-18(13-17(22-23)20(2,3)4)21-19(24)12-16-6-5-11-25-16/h5-11,13H,12H2,1-4H3,(H,21,24). The summed E-state index contributed by atoms with van der Waals surface area (Å²) in [6.07, 6.45) is 0.377. The van der Waals surface area contributed by atoms with Crippen molar-refractivity contribution in [1.82, 2.24) is 9.78 Å². The molecule has 130 valence electrons. The highest BCUT2D eigenvalue weighted by Gasteiger charge is 2.21. The fourth-order valence-corrected chi connectivity index (χ4v) is 3.18. The lowest BCUT2D eigenvalue weighted by Crippen LogP contribution is -2.16. The molecule has 0 aliphatic rings. The molecule has 25 heavy (non-hydrogen) atoms.